The van der Waals surface area contributed by atoms with Gasteiger partial charge in [-0.1, -0.05) is 29.8 Å². The van der Waals surface area contributed by atoms with Gasteiger partial charge in [-0.05, 0) is 31.0 Å². The molecule has 1 amide bonds. The van der Waals surface area contributed by atoms with E-state index >= 15 is 0 Å². The molecule has 1 heterocycles. The number of anilines is 1. The molecule has 2 aromatic carbocycles. The molecule has 5 nitrogen and oxygen atoms in total. The summed E-state index contributed by atoms with van der Waals surface area (Å²) in [5.41, 5.74) is 3.14. The van der Waals surface area contributed by atoms with Crippen LogP contribution in [0.3, 0.4) is 0 Å². The third-order valence-electron chi connectivity index (χ3n) is 4.85. The summed E-state index contributed by atoms with van der Waals surface area (Å²) in [6.45, 7) is 4.22. The van der Waals surface area contributed by atoms with E-state index in [9.17, 15) is 9.18 Å². The van der Waals surface area contributed by atoms with E-state index in [2.05, 4.69) is 34.5 Å². The Morgan fingerprint density at radius 1 is 1.29 bits per heavy atom. The second kappa shape index (κ2) is 9.55. The molecule has 0 aromatic heterocycles. The van der Waals surface area contributed by atoms with Crippen LogP contribution < -0.4 is 15.0 Å². The van der Waals surface area contributed by atoms with Crippen molar-refractivity contribution < 1.29 is 18.7 Å². The summed E-state index contributed by atoms with van der Waals surface area (Å²) < 4.78 is 24.4. The Kier molecular flexibility index (Phi) is 6.87. The highest BCUT2D eigenvalue weighted by Gasteiger charge is 2.29. The number of carbonyl (C=O) groups is 1. The highest BCUT2D eigenvalue weighted by molar-refractivity contribution is 5.77. The molecule has 1 N–H and O–H groups in total. The van der Waals surface area contributed by atoms with Crippen molar-refractivity contribution in [3.63, 3.8) is 0 Å². The van der Waals surface area contributed by atoms with Crippen LogP contribution in [-0.4, -0.2) is 38.8 Å². The summed E-state index contributed by atoms with van der Waals surface area (Å²) in [4.78, 5) is 14.5. The third-order valence-corrected chi connectivity index (χ3v) is 4.85. The van der Waals surface area contributed by atoms with E-state index < -0.39 is 0 Å². The van der Waals surface area contributed by atoms with E-state index in [0.29, 0.717) is 38.5 Å². The lowest BCUT2D eigenvalue weighted by Crippen LogP contribution is -2.45. The highest BCUT2D eigenvalue weighted by Crippen LogP contribution is 2.36. The van der Waals surface area contributed by atoms with Gasteiger partial charge in [0, 0.05) is 32.9 Å². The van der Waals surface area contributed by atoms with E-state index in [1.54, 1.807) is 13.2 Å². The zero-order chi connectivity index (χ0) is 19.9. The maximum Gasteiger partial charge on any atom is 0.222 e. The van der Waals surface area contributed by atoms with E-state index in [1.807, 2.05) is 6.92 Å². The Balaban J connectivity index is 1.75. The Hall–Kier alpha value is -2.60. The Bertz CT molecular complexity index is 795. The van der Waals surface area contributed by atoms with Crippen LogP contribution in [0, 0.1) is 12.7 Å². The molecule has 0 aliphatic carbocycles. The van der Waals surface area contributed by atoms with Crippen molar-refractivity contribution >= 4 is 11.6 Å². The van der Waals surface area contributed by atoms with Crippen LogP contribution in [0.2, 0.25) is 0 Å². The smallest absolute Gasteiger partial charge is 0.222 e. The third kappa shape index (κ3) is 5.23. The van der Waals surface area contributed by atoms with Crippen LogP contribution in [-0.2, 0) is 16.1 Å². The zero-order valence-electron chi connectivity index (χ0n) is 16.4. The van der Waals surface area contributed by atoms with Gasteiger partial charge in [-0.15, -0.1) is 0 Å². The fraction of sp³-hybridized carbons (Fsp3) is 0.409. The molecule has 0 fully saturated rings. The van der Waals surface area contributed by atoms with Crippen LogP contribution in [0.4, 0.5) is 10.1 Å². The number of nitrogens with zero attached hydrogens (tertiary/aromatic N) is 1. The first-order valence-electron chi connectivity index (χ1n) is 9.57. The van der Waals surface area contributed by atoms with Crippen molar-refractivity contribution in [3.8, 4) is 5.75 Å². The summed E-state index contributed by atoms with van der Waals surface area (Å²) in [6.07, 6.45) is 1.09. The molecule has 1 aliphatic rings. The molecule has 1 atom stereocenters. The lowest BCUT2D eigenvalue weighted by atomic mass is 10.1. The number of hydrogen-bond acceptors (Lipinski definition) is 4. The molecule has 2 aromatic rings. The number of nitrogens with one attached hydrogen (secondary N) is 1. The number of fused-ring (bicyclic) bond motifs is 1. The van der Waals surface area contributed by atoms with Crippen molar-refractivity contribution in [2.24, 2.45) is 0 Å². The Labute approximate surface area is 165 Å². The second-order valence-corrected chi connectivity index (χ2v) is 7.09. The molecule has 0 unspecified atom stereocenters. The van der Waals surface area contributed by atoms with Gasteiger partial charge in [0.2, 0.25) is 5.91 Å². The number of benzene rings is 2. The molecular weight excluding hydrogens is 359 g/mol. The molecular formula is C22H27FN2O3. The van der Waals surface area contributed by atoms with Crippen molar-refractivity contribution in [2.75, 3.05) is 31.8 Å². The normalized spacial score (nSPS) is 15.7. The summed E-state index contributed by atoms with van der Waals surface area (Å²) in [6, 6.07) is 12.7. The largest absolute Gasteiger partial charge is 0.489 e. The lowest BCUT2D eigenvalue weighted by molar-refractivity contribution is -0.121. The van der Waals surface area contributed by atoms with Gasteiger partial charge in [-0.3, -0.25) is 4.79 Å². The molecule has 1 aliphatic heterocycles. The molecule has 6 heteroatoms. The molecule has 150 valence electrons. The average Bonchev–Trinajstić information content (AvgIpc) is 2.68. The van der Waals surface area contributed by atoms with Gasteiger partial charge < -0.3 is 19.7 Å². The molecule has 0 spiro atoms. The van der Waals surface area contributed by atoms with Crippen LogP contribution in [0.1, 0.15) is 24.0 Å². The Morgan fingerprint density at radius 3 is 2.82 bits per heavy atom. The summed E-state index contributed by atoms with van der Waals surface area (Å²) >= 11 is 0. The maximum atomic E-state index is 13.6. The van der Waals surface area contributed by atoms with E-state index in [4.69, 9.17) is 9.47 Å². The number of aryl methyl sites for hydroxylation is 1. The number of hydrogen-bond donors (Lipinski definition) is 1. The van der Waals surface area contributed by atoms with Gasteiger partial charge in [0.15, 0.2) is 0 Å². The standard InChI is InChI=1S/C22H27FN2O3/c1-16-4-6-17(7-5-16)14-25-19(13-22(26)24-10-3-11-27-2)15-28-21-12-18(23)8-9-20(21)25/h4-9,12,19H,3,10-11,13-15H2,1-2H3,(H,24,26)/t19-/m1/s1. The predicted octanol–water partition coefficient (Wildman–Crippen LogP) is 3.44. The van der Waals surface area contributed by atoms with Crippen LogP contribution in [0.15, 0.2) is 42.5 Å². The van der Waals surface area contributed by atoms with Crippen molar-refractivity contribution in [1.82, 2.24) is 5.32 Å². The van der Waals surface area contributed by atoms with Crippen molar-refractivity contribution in [3.05, 3.63) is 59.4 Å². The van der Waals surface area contributed by atoms with Crippen molar-refractivity contribution in [1.29, 1.82) is 0 Å². The molecule has 0 saturated carbocycles. The number of ether oxygens (including phenoxy) is 2. The molecule has 0 bridgehead atoms. The van der Waals surface area contributed by atoms with Gasteiger partial charge in [-0.2, -0.15) is 0 Å². The van der Waals surface area contributed by atoms with Crippen molar-refractivity contribution in [2.45, 2.75) is 32.4 Å². The van der Waals surface area contributed by atoms with E-state index in [-0.39, 0.29) is 17.8 Å². The number of halogens is 1. The molecule has 3 rings (SSSR count). The number of carbonyl (C=O) groups excluding carboxylic acids is 1. The zero-order valence-corrected chi connectivity index (χ0v) is 16.4. The van der Waals surface area contributed by atoms with Crippen LogP contribution in [0.5, 0.6) is 5.75 Å². The minimum absolute atomic E-state index is 0.0239. The first kappa shape index (κ1) is 20.1. The first-order chi connectivity index (χ1) is 13.6. The minimum atomic E-state index is -0.330. The monoisotopic (exact) mass is 386 g/mol. The van der Waals surface area contributed by atoms with Gasteiger partial charge in [0.05, 0.1) is 18.2 Å². The molecule has 28 heavy (non-hydrogen) atoms. The fourth-order valence-corrected chi connectivity index (χ4v) is 3.32. The SMILES string of the molecule is COCCCNC(=O)C[C@@H]1COc2cc(F)ccc2N1Cc1ccc(C)cc1. The maximum absolute atomic E-state index is 13.6. The quantitative estimate of drug-likeness (QED) is 0.706. The number of methoxy groups -OCH3 is 1. The van der Waals surface area contributed by atoms with Crippen LogP contribution in [0.25, 0.3) is 0 Å². The Morgan fingerprint density at radius 2 is 2.07 bits per heavy atom. The van der Waals surface area contributed by atoms with Gasteiger partial charge in [-0.25, -0.2) is 4.39 Å². The van der Waals surface area contributed by atoms with Crippen LogP contribution >= 0.6 is 0 Å². The number of rotatable bonds is 8. The summed E-state index contributed by atoms with van der Waals surface area (Å²) in [5, 5.41) is 2.93. The second-order valence-electron chi connectivity index (χ2n) is 7.09. The lowest BCUT2D eigenvalue weighted by Gasteiger charge is -2.38. The predicted molar refractivity (Wildman–Crippen MR) is 107 cm³/mol. The van der Waals surface area contributed by atoms with E-state index in [1.165, 1.54) is 17.7 Å². The molecule has 0 radical (unpaired) electrons. The minimum Gasteiger partial charge on any atom is -0.489 e. The topological polar surface area (TPSA) is 50.8 Å². The molecule has 0 saturated heterocycles. The summed E-state index contributed by atoms with van der Waals surface area (Å²) in [7, 11) is 1.64. The average molecular weight is 386 g/mol. The first-order valence-corrected chi connectivity index (χ1v) is 9.57. The fourth-order valence-electron chi connectivity index (χ4n) is 3.32. The highest BCUT2D eigenvalue weighted by atomic mass is 19.1. The number of amides is 1. The van der Waals surface area contributed by atoms with Gasteiger partial charge in [0.1, 0.15) is 18.2 Å². The van der Waals surface area contributed by atoms with Gasteiger partial charge in [0.25, 0.3) is 0 Å². The summed E-state index contributed by atoms with van der Waals surface area (Å²) in [5.74, 6) is 0.163. The van der Waals surface area contributed by atoms with E-state index in [0.717, 1.165) is 17.7 Å². The van der Waals surface area contributed by atoms with Gasteiger partial charge >= 0.3 is 0 Å².